The normalized spacial score (nSPS) is 14.3. The van der Waals surface area contributed by atoms with Crippen LogP contribution in [0.15, 0.2) is 48.5 Å². The molecule has 0 aliphatic heterocycles. The molecule has 0 radical (unpaired) electrons. The Balaban J connectivity index is 1.51. The van der Waals surface area contributed by atoms with Crippen molar-refractivity contribution in [3.63, 3.8) is 0 Å². The van der Waals surface area contributed by atoms with Gasteiger partial charge in [-0.2, -0.15) is 0 Å². The van der Waals surface area contributed by atoms with Crippen LogP contribution in [0.5, 0.6) is 5.75 Å². The third-order valence-corrected chi connectivity index (χ3v) is 5.29. The van der Waals surface area contributed by atoms with Crippen molar-refractivity contribution < 1.29 is 14.3 Å². The van der Waals surface area contributed by atoms with Crippen molar-refractivity contribution in [3.05, 3.63) is 54.1 Å². The van der Waals surface area contributed by atoms with E-state index in [1.54, 1.807) is 43.5 Å². The molecule has 1 aliphatic rings. The minimum atomic E-state index is -0.223. The molecular formula is C23H28N2O3. The molecule has 2 N–H and O–H groups in total. The van der Waals surface area contributed by atoms with E-state index < -0.39 is 0 Å². The van der Waals surface area contributed by atoms with E-state index in [1.807, 2.05) is 12.1 Å². The first kappa shape index (κ1) is 19.9. The summed E-state index contributed by atoms with van der Waals surface area (Å²) in [5.41, 5.74) is 1.85. The molecule has 1 saturated carbocycles. The smallest absolute Gasteiger partial charge is 0.255 e. The van der Waals surface area contributed by atoms with Crippen LogP contribution in [-0.4, -0.2) is 18.9 Å². The topological polar surface area (TPSA) is 67.4 Å². The number of anilines is 2. The van der Waals surface area contributed by atoms with E-state index in [2.05, 4.69) is 10.6 Å². The van der Waals surface area contributed by atoms with Gasteiger partial charge in [0.15, 0.2) is 0 Å². The van der Waals surface area contributed by atoms with Gasteiger partial charge >= 0.3 is 0 Å². The summed E-state index contributed by atoms with van der Waals surface area (Å²) in [5.74, 6) is 1.12. The van der Waals surface area contributed by atoms with Gasteiger partial charge in [-0.3, -0.25) is 9.59 Å². The Morgan fingerprint density at radius 2 is 1.68 bits per heavy atom. The van der Waals surface area contributed by atoms with Crippen molar-refractivity contribution in [2.75, 3.05) is 17.7 Å². The average Bonchev–Trinajstić information content (AvgIpc) is 2.74. The van der Waals surface area contributed by atoms with Gasteiger partial charge in [-0.15, -0.1) is 0 Å². The molecule has 28 heavy (non-hydrogen) atoms. The average molecular weight is 380 g/mol. The molecule has 0 atom stereocenters. The van der Waals surface area contributed by atoms with Crippen molar-refractivity contribution >= 4 is 23.2 Å². The third kappa shape index (κ3) is 5.59. The molecule has 0 aromatic heterocycles. The fraction of sp³-hybridized carbons (Fsp3) is 0.391. The number of benzene rings is 2. The number of hydrogen-bond donors (Lipinski definition) is 2. The van der Waals surface area contributed by atoms with Crippen LogP contribution in [0.2, 0.25) is 0 Å². The minimum absolute atomic E-state index is 0.0387. The van der Waals surface area contributed by atoms with Crippen molar-refractivity contribution in [2.45, 2.75) is 44.9 Å². The number of methoxy groups -OCH3 is 1. The lowest BCUT2D eigenvalue weighted by Gasteiger charge is -2.21. The highest BCUT2D eigenvalue weighted by atomic mass is 16.5. The van der Waals surface area contributed by atoms with Crippen LogP contribution in [0.4, 0.5) is 11.4 Å². The van der Waals surface area contributed by atoms with Crippen molar-refractivity contribution in [1.29, 1.82) is 0 Å². The molecule has 5 nitrogen and oxygen atoms in total. The molecule has 0 saturated heterocycles. The van der Waals surface area contributed by atoms with Gasteiger partial charge in [0.2, 0.25) is 5.91 Å². The zero-order valence-electron chi connectivity index (χ0n) is 16.4. The molecule has 2 amide bonds. The zero-order valence-corrected chi connectivity index (χ0v) is 16.4. The van der Waals surface area contributed by atoms with Gasteiger partial charge in [-0.05, 0) is 48.7 Å². The minimum Gasteiger partial charge on any atom is -0.495 e. The molecule has 0 bridgehead atoms. The second-order valence-electron chi connectivity index (χ2n) is 7.32. The van der Waals surface area contributed by atoms with Crippen LogP contribution in [-0.2, 0) is 4.79 Å². The number of carbonyl (C=O) groups excluding carboxylic acids is 2. The van der Waals surface area contributed by atoms with Gasteiger partial charge in [-0.1, -0.05) is 44.2 Å². The van der Waals surface area contributed by atoms with Crippen LogP contribution in [0.3, 0.4) is 0 Å². The molecule has 5 heteroatoms. The lowest BCUT2D eigenvalue weighted by molar-refractivity contribution is -0.116. The van der Waals surface area contributed by atoms with Crippen molar-refractivity contribution in [3.8, 4) is 5.75 Å². The number of carbonyl (C=O) groups is 2. The number of nitrogens with one attached hydrogen (secondary N) is 2. The Bertz CT molecular complexity index is 796. The van der Waals surface area contributed by atoms with E-state index >= 15 is 0 Å². The first-order chi connectivity index (χ1) is 13.7. The lowest BCUT2D eigenvalue weighted by atomic mass is 9.86. The largest absolute Gasteiger partial charge is 0.495 e. The van der Waals surface area contributed by atoms with Crippen LogP contribution in [0.1, 0.15) is 55.3 Å². The summed E-state index contributed by atoms with van der Waals surface area (Å²) in [7, 11) is 1.57. The molecule has 2 aromatic carbocycles. The summed E-state index contributed by atoms with van der Waals surface area (Å²) in [6.45, 7) is 0. The van der Waals surface area contributed by atoms with Crippen molar-refractivity contribution in [2.24, 2.45) is 5.92 Å². The monoisotopic (exact) mass is 380 g/mol. The van der Waals surface area contributed by atoms with Crippen LogP contribution in [0, 0.1) is 5.92 Å². The lowest BCUT2D eigenvalue weighted by Crippen LogP contribution is -2.15. The molecule has 1 fully saturated rings. The van der Waals surface area contributed by atoms with Gasteiger partial charge < -0.3 is 15.4 Å². The Hall–Kier alpha value is -2.82. The number of hydrogen-bond acceptors (Lipinski definition) is 3. The Morgan fingerprint density at radius 3 is 2.39 bits per heavy atom. The molecule has 1 aliphatic carbocycles. The first-order valence-electron chi connectivity index (χ1n) is 10.00. The molecule has 2 aromatic rings. The predicted octanol–water partition coefficient (Wildman–Crippen LogP) is 5.25. The van der Waals surface area contributed by atoms with Gasteiger partial charge in [0.25, 0.3) is 5.91 Å². The highest BCUT2D eigenvalue weighted by Crippen LogP contribution is 2.27. The van der Waals surface area contributed by atoms with Gasteiger partial charge in [0.1, 0.15) is 5.75 Å². The maximum atomic E-state index is 12.4. The molecule has 3 rings (SSSR count). The quantitative estimate of drug-likeness (QED) is 0.690. The summed E-state index contributed by atoms with van der Waals surface area (Å²) in [6, 6.07) is 14.2. The highest BCUT2D eigenvalue weighted by molar-refractivity contribution is 6.05. The fourth-order valence-corrected chi connectivity index (χ4v) is 3.68. The van der Waals surface area contributed by atoms with Crippen molar-refractivity contribution in [1.82, 2.24) is 0 Å². The van der Waals surface area contributed by atoms with Gasteiger partial charge in [-0.25, -0.2) is 0 Å². The summed E-state index contributed by atoms with van der Waals surface area (Å²) in [4.78, 5) is 24.6. The number of rotatable bonds is 7. The van der Waals surface area contributed by atoms with E-state index in [-0.39, 0.29) is 11.8 Å². The summed E-state index contributed by atoms with van der Waals surface area (Å²) in [6.07, 6.45) is 7.95. The van der Waals surface area contributed by atoms with Crippen LogP contribution < -0.4 is 15.4 Å². The Kier molecular flexibility index (Phi) is 7.06. The first-order valence-corrected chi connectivity index (χ1v) is 10.00. The predicted molar refractivity (Wildman–Crippen MR) is 112 cm³/mol. The maximum absolute atomic E-state index is 12.4. The zero-order chi connectivity index (χ0) is 19.8. The standard InChI is InChI=1S/C23H28N2O3/c1-28-21-10-6-5-9-20(21)25-23(27)18-12-14-19(15-13-18)24-22(26)16-11-17-7-3-2-4-8-17/h5-6,9-10,12-15,17H,2-4,7-8,11,16H2,1H3,(H,24,26)(H,25,27). The molecule has 0 unspecified atom stereocenters. The summed E-state index contributed by atoms with van der Waals surface area (Å²) < 4.78 is 5.25. The SMILES string of the molecule is COc1ccccc1NC(=O)c1ccc(NC(=O)CCC2CCCCC2)cc1. The number of ether oxygens (including phenoxy) is 1. The highest BCUT2D eigenvalue weighted by Gasteiger charge is 2.15. The second kappa shape index (κ2) is 9.93. The van der Waals surface area contributed by atoms with E-state index in [4.69, 9.17) is 4.74 Å². The molecule has 0 spiro atoms. The summed E-state index contributed by atoms with van der Waals surface area (Å²) >= 11 is 0. The van der Waals surface area contributed by atoms with Gasteiger partial charge in [0, 0.05) is 17.7 Å². The van der Waals surface area contributed by atoms with E-state index in [1.165, 1.54) is 32.1 Å². The molecular weight excluding hydrogens is 352 g/mol. The second-order valence-corrected chi connectivity index (χ2v) is 7.32. The molecule has 0 heterocycles. The number of para-hydroxylation sites is 2. The van der Waals surface area contributed by atoms with Gasteiger partial charge in [0.05, 0.1) is 12.8 Å². The maximum Gasteiger partial charge on any atom is 0.255 e. The fourth-order valence-electron chi connectivity index (χ4n) is 3.68. The van der Waals surface area contributed by atoms with E-state index in [0.717, 1.165) is 6.42 Å². The van der Waals surface area contributed by atoms with E-state index in [9.17, 15) is 9.59 Å². The van der Waals surface area contributed by atoms with E-state index in [0.29, 0.717) is 35.0 Å². The third-order valence-electron chi connectivity index (χ3n) is 5.29. The summed E-state index contributed by atoms with van der Waals surface area (Å²) in [5, 5.41) is 5.77. The molecule has 148 valence electrons. The Morgan fingerprint density at radius 1 is 0.964 bits per heavy atom. The Labute approximate surface area is 166 Å². The van der Waals surface area contributed by atoms with Crippen LogP contribution in [0.25, 0.3) is 0 Å². The van der Waals surface area contributed by atoms with Crippen LogP contribution >= 0.6 is 0 Å². The number of amides is 2.